The van der Waals surface area contributed by atoms with Gasteiger partial charge >= 0.3 is 0 Å². The van der Waals surface area contributed by atoms with Crippen molar-refractivity contribution in [3.63, 3.8) is 0 Å². The first-order chi connectivity index (χ1) is 5.14. The zero-order valence-corrected chi connectivity index (χ0v) is 7.42. The summed E-state index contributed by atoms with van der Waals surface area (Å²) < 4.78 is 5.99. The fourth-order valence-corrected chi connectivity index (χ4v) is 1.45. The van der Waals surface area contributed by atoms with Crippen molar-refractivity contribution >= 4 is 0 Å². The van der Waals surface area contributed by atoms with Crippen LogP contribution >= 0.6 is 0 Å². The molecule has 1 rings (SSSR count). The maximum Gasteiger partial charge on any atom is 0.102 e. The Morgan fingerprint density at radius 2 is 2.09 bits per heavy atom. The number of aliphatic hydroxyl groups is 1. The van der Waals surface area contributed by atoms with Crippen LogP contribution in [0.4, 0.5) is 0 Å². The van der Waals surface area contributed by atoms with E-state index < -0.39 is 0 Å². The van der Waals surface area contributed by atoms with Crippen LogP contribution in [-0.4, -0.2) is 56.6 Å². The molecule has 0 atom stereocenters. The van der Waals surface area contributed by atoms with Gasteiger partial charge in [-0.15, -0.1) is 0 Å². The Bertz CT molecular complexity index is 121. The molecule has 1 saturated heterocycles. The number of hydrogen-bond donors (Lipinski definition) is 1. The van der Waals surface area contributed by atoms with Crippen molar-refractivity contribution in [3.05, 3.63) is 0 Å². The van der Waals surface area contributed by atoms with Gasteiger partial charge in [-0.05, 0) is 0 Å². The van der Waals surface area contributed by atoms with Crippen LogP contribution < -0.4 is 0 Å². The third kappa shape index (κ3) is 2.77. The molecule has 1 heterocycles. The molecule has 11 heavy (non-hydrogen) atoms. The van der Waals surface area contributed by atoms with E-state index in [1.54, 1.807) is 0 Å². The number of likely N-dealkylation sites (N-methyl/N-ethyl adjacent to an activating group) is 1. The first-order valence-electron chi connectivity index (χ1n) is 4.15. The van der Waals surface area contributed by atoms with Crippen LogP contribution in [0.2, 0.25) is 0 Å². The third-order valence-corrected chi connectivity index (χ3v) is 2.16. The van der Waals surface area contributed by atoms with E-state index in [0.717, 1.165) is 36.7 Å². The molecule has 0 aliphatic carbocycles. The zero-order chi connectivity index (χ0) is 8.32. The Kier molecular flexibility index (Phi) is 2.87. The van der Waals surface area contributed by atoms with Crippen LogP contribution in [0, 0.1) is 5.92 Å². The van der Waals surface area contributed by atoms with Gasteiger partial charge < -0.3 is 14.3 Å². The first-order valence-corrected chi connectivity index (χ1v) is 4.15. The Morgan fingerprint density at radius 1 is 1.45 bits per heavy atom. The highest BCUT2D eigenvalue weighted by molar-refractivity contribution is 4.63. The summed E-state index contributed by atoms with van der Waals surface area (Å²) in [5.74, 6) is 0.719. The summed E-state index contributed by atoms with van der Waals surface area (Å²) in [5.41, 5.74) is 0. The molecule has 0 bridgehead atoms. The molecule has 3 heteroatoms. The van der Waals surface area contributed by atoms with E-state index >= 15 is 0 Å². The molecule has 0 aromatic carbocycles. The summed E-state index contributed by atoms with van der Waals surface area (Å²) in [7, 11) is 4.29. The number of nitrogens with zero attached hydrogens (tertiary/aromatic N) is 1. The van der Waals surface area contributed by atoms with E-state index in [1.807, 2.05) is 0 Å². The number of quaternary nitrogens is 1. The number of ether oxygens (including phenoxy) is 1. The second-order valence-electron chi connectivity index (χ2n) is 3.97. The van der Waals surface area contributed by atoms with Crippen molar-refractivity contribution in [1.29, 1.82) is 0 Å². The minimum Gasteiger partial charge on any atom is -0.391 e. The highest BCUT2D eigenvalue weighted by Gasteiger charge is 2.27. The molecule has 1 aliphatic heterocycles. The molecule has 1 N–H and O–H groups in total. The van der Waals surface area contributed by atoms with Crippen molar-refractivity contribution in [2.75, 3.05) is 47.0 Å². The lowest BCUT2D eigenvalue weighted by atomic mass is 10.1. The number of aliphatic hydroxyl groups excluding tert-OH is 1. The van der Waals surface area contributed by atoms with Crippen LogP contribution in [-0.2, 0) is 4.74 Å². The molecular weight excluding hydrogens is 142 g/mol. The van der Waals surface area contributed by atoms with E-state index in [4.69, 9.17) is 9.84 Å². The fraction of sp³-hybridized carbons (Fsp3) is 1.00. The molecule has 0 amide bonds. The summed E-state index contributed by atoms with van der Waals surface area (Å²) >= 11 is 0. The molecule has 66 valence electrons. The molecule has 0 aromatic rings. The molecule has 3 nitrogen and oxygen atoms in total. The number of hydrogen-bond acceptors (Lipinski definition) is 2. The van der Waals surface area contributed by atoms with Crippen molar-refractivity contribution in [2.45, 2.75) is 0 Å². The Hall–Kier alpha value is -0.120. The van der Waals surface area contributed by atoms with Crippen molar-refractivity contribution < 1.29 is 14.3 Å². The lowest BCUT2D eigenvalue weighted by molar-refractivity contribution is -0.895. The summed E-state index contributed by atoms with van der Waals surface area (Å²) in [6.07, 6.45) is 0. The summed E-state index contributed by atoms with van der Waals surface area (Å²) in [6.45, 7) is 4.07. The van der Waals surface area contributed by atoms with E-state index in [-0.39, 0.29) is 6.61 Å². The van der Waals surface area contributed by atoms with Gasteiger partial charge in [0.25, 0.3) is 0 Å². The molecule has 0 aromatic heterocycles. The molecule has 0 radical (unpaired) electrons. The van der Waals surface area contributed by atoms with E-state index in [9.17, 15) is 0 Å². The van der Waals surface area contributed by atoms with Gasteiger partial charge in [0.1, 0.15) is 6.54 Å². The van der Waals surface area contributed by atoms with Crippen molar-refractivity contribution in [3.8, 4) is 0 Å². The topological polar surface area (TPSA) is 29.5 Å². The monoisotopic (exact) mass is 160 g/mol. The SMILES string of the molecule is C[N+](C)(CCO)CC1COC1. The maximum atomic E-state index is 8.76. The summed E-state index contributed by atoms with van der Waals surface area (Å²) in [6, 6.07) is 0. The zero-order valence-electron chi connectivity index (χ0n) is 7.42. The average molecular weight is 160 g/mol. The van der Waals surface area contributed by atoms with Crippen LogP contribution in [0.5, 0.6) is 0 Å². The number of rotatable bonds is 4. The summed E-state index contributed by atoms with van der Waals surface area (Å²) in [4.78, 5) is 0. The Labute approximate surface area is 68.2 Å². The highest BCUT2D eigenvalue weighted by atomic mass is 16.5. The molecule has 1 aliphatic rings. The van der Waals surface area contributed by atoms with Crippen LogP contribution in [0.25, 0.3) is 0 Å². The van der Waals surface area contributed by atoms with Gasteiger partial charge in [-0.2, -0.15) is 0 Å². The van der Waals surface area contributed by atoms with E-state index in [0.29, 0.717) is 0 Å². The van der Waals surface area contributed by atoms with Crippen LogP contribution in [0.1, 0.15) is 0 Å². The smallest absolute Gasteiger partial charge is 0.102 e. The van der Waals surface area contributed by atoms with Crippen LogP contribution in [0.3, 0.4) is 0 Å². The largest absolute Gasteiger partial charge is 0.391 e. The van der Waals surface area contributed by atoms with Gasteiger partial charge in [0, 0.05) is 0 Å². The maximum absolute atomic E-state index is 8.76. The van der Waals surface area contributed by atoms with Crippen molar-refractivity contribution in [1.82, 2.24) is 0 Å². The van der Waals surface area contributed by atoms with Crippen LogP contribution in [0.15, 0.2) is 0 Å². The minimum absolute atomic E-state index is 0.278. The lowest BCUT2D eigenvalue weighted by Gasteiger charge is -2.36. The van der Waals surface area contributed by atoms with Gasteiger partial charge in [0.05, 0.1) is 46.4 Å². The predicted molar refractivity (Wildman–Crippen MR) is 43.2 cm³/mol. The lowest BCUT2D eigenvalue weighted by Crippen LogP contribution is -2.49. The molecule has 0 unspecified atom stereocenters. The molecular formula is C8H18NO2+. The fourth-order valence-electron chi connectivity index (χ4n) is 1.45. The van der Waals surface area contributed by atoms with Gasteiger partial charge in [0.15, 0.2) is 0 Å². The average Bonchev–Trinajstić information content (AvgIpc) is 1.79. The standard InChI is InChI=1S/C8H18NO2/c1-9(2,3-4-10)5-8-6-11-7-8/h8,10H,3-7H2,1-2H3/q+1. The first kappa shape index (κ1) is 8.97. The molecule has 0 saturated carbocycles. The van der Waals surface area contributed by atoms with Gasteiger partial charge in [-0.1, -0.05) is 0 Å². The second-order valence-corrected chi connectivity index (χ2v) is 3.97. The van der Waals surface area contributed by atoms with Gasteiger partial charge in [0.2, 0.25) is 0 Å². The van der Waals surface area contributed by atoms with Gasteiger partial charge in [-0.25, -0.2) is 0 Å². The normalized spacial score (nSPS) is 19.9. The molecule has 1 fully saturated rings. The minimum atomic E-state index is 0.278. The third-order valence-electron chi connectivity index (χ3n) is 2.16. The Morgan fingerprint density at radius 3 is 2.45 bits per heavy atom. The van der Waals surface area contributed by atoms with E-state index in [1.165, 1.54) is 0 Å². The second kappa shape index (κ2) is 3.52. The highest BCUT2D eigenvalue weighted by Crippen LogP contribution is 2.13. The van der Waals surface area contributed by atoms with Gasteiger partial charge in [-0.3, -0.25) is 0 Å². The van der Waals surface area contributed by atoms with Crippen molar-refractivity contribution in [2.24, 2.45) is 5.92 Å². The molecule has 0 spiro atoms. The quantitative estimate of drug-likeness (QED) is 0.572. The Balaban J connectivity index is 2.20. The predicted octanol–water partition coefficient (Wildman–Crippen LogP) is -0.298. The van der Waals surface area contributed by atoms with E-state index in [2.05, 4.69) is 14.1 Å². The summed E-state index contributed by atoms with van der Waals surface area (Å²) in [5, 5.41) is 8.76.